The second kappa shape index (κ2) is 7.05. The number of benzene rings is 1. The van der Waals surface area contributed by atoms with Gasteiger partial charge < -0.3 is 10.1 Å². The van der Waals surface area contributed by atoms with Gasteiger partial charge in [-0.3, -0.25) is 9.58 Å². The number of morpholine rings is 1. The Morgan fingerprint density at radius 3 is 2.82 bits per heavy atom. The molecular formula is C17H24N4O. The van der Waals surface area contributed by atoms with Crippen molar-refractivity contribution in [2.24, 2.45) is 7.05 Å². The first-order valence-corrected chi connectivity index (χ1v) is 7.79. The molecule has 0 saturated carbocycles. The largest absolute Gasteiger partial charge is 0.374 e. The normalized spacial score (nSPS) is 22.8. The predicted octanol–water partition coefficient (Wildman–Crippen LogP) is 1.58. The van der Waals surface area contributed by atoms with Crippen LogP contribution in [0.1, 0.15) is 17.2 Å². The van der Waals surface area contributed by atoms with Gasteiger partial charge in [-0.05, 0) is 12.6 Å². The van der Waals surface area contributed by atoms with E-state index in [0.29, 0.717) is 6.04 Å². The van der Waals surface area contributed by atoms with Crippen molar-refractivity contribution in [1.82, 2.24) is 20.0 Å². The number of aryl methyl sites for hydroxylation is 1. The van der Waals surface area contributed by atoms with E-state index in [1.165, 1.54) is 11.1 Å². The zero-order valence-corrected chi connectivity index (χ0v) is 13.3. The summed E-state index contributed by atoms with van der Waals surface area (Å²) in [5.41, 5.74) is 2.51. The number of nitrogens with one attached hydrogen (secondary N) is 1. The minimum Gasteiger partial charge on any atom is -0.374 e. The van der Waals surface area contributed by atoms with E-state index in [9.17, 15) is 0 Å². The van der Waals surface area contributed by atoms with Gasteiger partial charge in [0.05, 0.1) is 24.9 Å². The quantitative estimate of drug-likeness (QED) is 0.910. The van der Waals surface area contributed by atoms with E-state index in [-0.39, 0.29) is 6.10 Å². The zero-order chi connectivity index (χ0) is 15.4. The van der Waals surface area contributed by atoms with Crippen LogP contribution in [0.5, 0.6) is 0 Å². The molecule has 1 saturated heterocycles. The molecule has 2 heterocycles. The first-order chi connectivity index (χ1) is 10.7. The molecular weight excluding hydrogens is 276 g/mol. The molecule has 5 nitrogen and oxygen atoms in total. The van der Waals surface area contributed by atoms with E-state index < -0.39 is 0 Å². The summed E-state index contributed by atoms with van der Waals surface area (Å²) in [6.07, 6.45) is 4.10. The molecule has 118 valence electrons. The number of aromatic nitrogens is 2. The Kier molecular flexibility index (Phi) is 4.87. The first kappa shape index (κ1) is 15.2. The maximum absolute atomic E-state index is 6.03. The minimum absolute atomic E-state index is 0.165. The molecule has 2 aromatic rings. The van der Waals surface area contributed by atoms with Gasteiger partial charge >= 0.3 is 0 Å². The predicted molar refractivity (Wildman–Crippen MR) is 86.5 cm³/mol. The van der Waals surface area contributed by atoms with E-state index in [2.05, 4.69) is 52.7 Å². The third-order valence-electron chi connectivity index (χ3n) is 4.18. The number of likely N-dealkylation sites (N-methyl/N-ethyl adjacent to an activating group) is 1. The molecule has 1 aromatic carbocycles. The average Bonchev–Trinajstić information content (AvgIpc) is 2.94. The van der Waals surface area contributed by atoms with Crippen molar-refractivity contribution in [3.05, 3.63) is 53.9 Å². The molecule has 0 spiro atoms. The maximum atomic E-state index is 6.03. The molecule has 0 unspecified atom stereocenters. The maximum Gasteiger partial charge on any atom is 0.0896 e. The summed E-state index contributed by atoms with van der Waals surface area (Å²) in [4.78, 5) is 2.38. The van der Waals surface area contributed by atoms with Crippen LogP contribution in [-0.2, 0) is 18.3 Å². The van der Waals surface area contributed by atoms with Crippen LogP contribution in [0.25, 0.3) is 0 Å². The van der Waals surface area contributed by atoms with Crippen LogP contribution < -0.4 is 5.32 Å². The van der Waals surface area contributed by atoms with E-state index in [1.54, 1.807) is 0 Å². The summed E-state index contributed by atoms with van der Waals surface area (Å²) >= 11 is 0. The van der Waals surface area contributed by atoms with Gasteiger partial charge in [0.1, 0.15) is 0 Å². The highest BCUT2D eigenvalue weighted by Crippen LogP contribution is 2.27. The van der Waals surface area contributed by atoms with E-state index >= 15 is 0 Å². The van der Waals surface area contributed by atoms with Crippen LogP contribution in [0.2, 0.25) is 0 Å². The van der Waals surface area contributed by atoms with Crippen molar-refractivity contribution >= 4 is 0 Å². The average molecular weight is 300 g/mol. The molecule has 0 radical (unpaired) electrons. The summed E-state index contributed by atoms with van der Waals surface area (Å²) in [6.45, 7) is 3.41. The van der Waals surface area contributed by atoms with Gasteiger partial charge in [0.2, 0.25) is 0 Å². The minimum atomic E-state index is 0.165. The van der Waals surface area contributed by atoms with Gasteiger partial charge in [-0.25, -0.2) is 0 Å². The standard InChI is InChI=1S/C17H24N4O/c1-20-8-9-22-16(17(20)15-6-4-3-5-7-15)12-18-10-14-11-19-21(2)13-14/h3-7,11,13,16-18H,8-10,12H2,1-2H3/t16-,17-/m0/s1. The van der Waals surface area contributed by atoms with Gasteiger partial charge in [0.25, 0.3) is 0 Å². The molecule has 22 heavy (non-hydrogen) atoms. The Morgan fingerprint density at radius 1 is 1.27 bits per heavy atom. The monoisotopic (exact) mass is 300 g/mol. The lowest BCUT2D eigenvalue weighted by molar-refractivity contribution is -0.0615. The summed E-state index contributed by atoms with van der Waals surface area (Å²) in [5.74, 6) is 0. The van der Waals surface area contributed by atoms with E-state index in [0.717, 1.165) is 26.2 Å². The van der Waals surface area contributed by atoms with Crippen LogP contribution in [-0.4, -0.2) is 47.5 Å². The Hall–Kier alpha value is -1.69. The van der Waals surface area contributed by atoms with Crippen molar-refractivity contribution in [2.45, 2.75) is 18.7 Å². The highest BCUT2D eigenvalue weighted by molar-refractivity contribution is 5.21. The number of hydrogen-bond donors (Lipinski definition) is 1. The van der Waals surface area contributed by atoms with Crippen molar-refractivity contribution in [1.29, 1.82) is 0 Å². The molecule has 3 rings (SSSR count). The lowest BCUT2D eigenvalue weighted by Crippen LogP contribution is -2.47. The summed E-state index contributed by atoms with van der Waals surface area (Å²) in [5, 5.41) is 7.69. The Morgan fingerprint density at radius 2 is 2.09 bits per heavy atom. The highest BCUT2D eigenvalue weighted by Gasteiger charge is 2.30. The molecule has 0 bridgehead atoms. The summed E-state index contributed by atoms with van der Waals surface area (Å²) in [7, 11) is 4.11. The van der Waals surface area contributed by atoms with Crippen molar-refractivity contribution < 1.29 is 4.74 Å². The summed E-state index contributed by atoms with van der Waals surface area (Å²) in [6, 6.07) is 10.9. The molecule has 1 aliphatic rings. The van der Waals surface area contributed by atoms with Crippen LogP contribution in [0, 0.1) is 0 Å². The first-order valence-electron chi connectivity index (χ1n) is 7.79. The third-order valence-corrected chi connectivity index (χ3v) is 4.18. The highest BCUT2D eigenvalue weighted by atomic mass is 16.5. The molecule has 1 aliphatic heterocycles. The van der Waals surface area contributed by atoms with Gasteiger partial charge in [-0.2, -0.15) is 5.10 Å². The van der Waals surface area contributed by atoms with Crippen LogP contribution >= 0.6 is 0 Å². The molecule has 1 fully saturated rings. The lowest BCUT2D eigenvalue weighted by Gasteiger charge is -2.39. The Balaban J connectivity index is 1.62. The second-order valence-electron chi connectivity index (χ2n) is 5.90. The molecule has 0 amide bonds. The lowest BCUT2D eigenvalue weighted by atomic mass is 9.98. The topological polar surface area (TPSA) is 42.3 Å². The second-order valence-corrected chi connectivity index (χ2v) is 5.90. The van der Waals surface area contributed by atoms with Crippen molar-refractivity contribution in [3.63, 3.8) is 0 Å². The summed E-state index contributed by atoms with van der Waals surface area (Å²) < 4.78 is 7.86. The SMILES string of the molecule is CN1CCO[C@@H](CNCc2cnn(C)c2)[C@@H]1c1ccccc1. The van der Waals surface area contributed by atoms with Crippen molar-refractivity contribution in [3.8, 4) is 0 Å². The fourth-order valence-electron chi connectivity index (χ4n) is 3.07. The van der Waals surface area contributed by atoms with Gasteiger partial charge in [-0.1, -0.05) is 30.3 Å². The Bertz CT molecular complexity index is 583. The van der Waals surface area contributed by atoms with Gasteiger partial charge in [-0.15, -0.1) is 0 Å². The fourth-order valence-corrected chi connectivity index (χ4v) is 3.07. The van der Waals surface area contributed by atoms with E-state index in [1.807, 2.05) is 24.1 Å². The van der Waals surface area contributed by atoms with Crippen molar-refractivity contribution in [2.75, 3.05) is 26.7 Å². The van der Waals surface area contributed by atoms with Crippen LogP contribution in [0.15, 0.2) is 42.7 Å². The van der Waals surface area contributed by atoms with Gasteiger partial charge in [0, 0.05) is 38.4 Å². The van der Waals surface area contributed by atoms with Crippen LogP contribution in [0.4, 0.5) is 0 Å². The number of nitrogens with zero attached hydrogens (tertiary/aromatic N) is 3. The smallest absolute Gasteiger partial charge is 0.0896 e. The molecule has 0 aliphatic carbocycles. The molecule has 1 aromatic heterocycles. The van der Waals surface area contributed by atoms with Gasteiger partial charge in [0.15, 0.2) is 0 Å². The Labute approximate surface area is 131 Å². The van der Waals surface area contributed by atoms with E-state index in [4.69, 9.17) is 4.74 Å². The number of rotatable bonds is 5. The third kappa shape index (κ3) is 3.55. The zero-order valence-electron chi connectivity index (χ0n) is 13.3. The number of ether oxygens (including phenoxy) is 1. The number of hydrogen-bond acceptors (Lipinski definition) is 4. The molecule has 2 atom stereocenters. The molecule has 1 N–H and O–H groups in total. The van der Waals surface area contributed by atoms with Crippen LogP contribution in [0.3, 0.4) is 0 Å². The fraction of sp³-hybridized carbons (Fsp3) is 0.471. The molecule has 5 heteroatoms.